The Kier molecular flexibility index (Phi) is 5.31. The molecule has 0 aromatic rings. The van der Waals surface area contributed by atoms with Crippen LogP contribution in [-0.4, -0.2) is 50.3 Å². The first-order valence-electron chi connectivity index (χ1n) is 7.31. The highest BCUT2D eigenvalue weighted by Gasteiger charge is 2.27. The summed E-state index contributed by atoms with van der Waals surface area (Å²) in [6, 6.07) is 0.777. The molecular formula is C15H24N4O. The van der Waals surface area contributed by atoms with Gasteiger partial charge >= 0.3 is 0 Å². The van der Waals surface area contributed by atoms with Crippen LogP contribution in [0.4, 0.5) is 0 Å². The van der Waals surface area contributed by atoms with Gasteiger partial charge in [-0.05, 0) is 18.4 Å². The van der Waals surface area contributed by atoms with E-state index in [2.05, 4.69) is 33.4 Å². The topological polar surface area (TPSA) is 48.9 Å². The van der Waals surface area contributed by atoms with Gasteiger partial charge in [0.2, 0.25) is 0 Å². The Bertz CT molecular complexity index is 430. The summed E-state index contributed by atoms with van der Waals surface area (Å²) >= 11 is 0. The van der Waals surface area contributed by atoms with Gasteiger partial charge in [0.1, 0.15) is 5.82 Å². The van der Waals surface area contributed by atoms with Crippen LogP contribution < -0.4 is 10.6 Å². The second-order valence-electron chi connectivity index (χ2n) is 5.00. The minimum Gasteiger partial charge on any atom is -0.468 e. The van der Waals surface area contributed by atoms with Gasteiger partial charge < -0.3 is 15.0 Å². The number of hydrogen-bond donors (Lipinski definition) is 2. The Morgan fingerprint density at radius 3 is 2.80 bits per heavy atom. The molecule has 2 aliphatic heterocycles. The molecule has 1 atom stereocenters. The first-order chi connectivity index (χ1) is 9.80. The molecule has 0 aromatic carbocycles. The summed E-state index contributed by atoms with van der Waals surface area (Å²) in [6.45, 7) is 6.15. The highest BCUT2D eigenvalue weighted by Crippen LogP contribution is 2.25. The van der Waals surface area contributed by atoms with Crippen molar-refractivity contribution in [3.63, 3.8) is 0 Å². The molecule has 20 heavy (non-hydrogen) atoms. The van der Waals surface area contributed by atoms with E-state index in [1.54, 1.807) is 7.11 Å². The van der Waals surface area contributed by atoms with Gasteiger partial charge in [-0.3, -0.25) is 5.32 Å². The lowest BCUT2D eigenvalue weighted by atomic mass is 9.98. The molecule has 1 saturated heterocycles. The van der Waals surface area contributed by atoms with Crippen LogP contribution in [0.1, 0.15) is 26.2 Å². The molecule has 0 spiro atoms. The molecule has 0 bridgehead atoms. The van der Waals surface area contributed by atoms with Gasteiger partial charge in [-0.2, -0.15) is 0 Å². The van der Waals surface area contributed by atoms with Crippen molar-refractivity contribution in [1.82, 2.24) is 15.5 Å². The fraction of sp³-hybridized carbons (Fsp3) is 0.667. The van der Waals surface area contributed by atoms with Crippen molar-refractivity contribution in [3.05, 3.63) is 11.4 Å². The zero-order valence-electron chi connectivity index (χ0n) is 12.4. The molecule has 2 rings (SSSR count). The lowest BCUT2D eigenvalue weighted by molar-refractivity contribution is 0.270. The van der Waals surface area contributed by atoms with E-state index in [0.29, 0.717) is 6.02 Å². The molecule has 0 radical (unpaired) electrons. The van der Waals surface area contributed by atoms with Crippen molar-refractivity contribution in [2.24, 2.45) is 4.99 Å². The monoisotopic (exact) mass is 276 g/mol. The van der Waals surface area contributed by atoms with Gasteiger partial charge in [-0.25, -0.2) is 4.99 Å². The Balaban J connectivity index is 2.26. The summed E-state index contributed by atoms with van der Waals surface area (Å²) in [4.78, 5) is 6.99. The number of piperazine rings is 1. The van der Waals surface area contributed by atoms with Gasteiger partial charge in [0, 0.05) is 32.6 Å². The second-order valence-corrected chi connectivity index (χ2v) is 5.00. The smallest absolute Gasteiger partial charge is 0.290 e. The molecule has 1 unspecified atom stereocenters. The lowest BCUT2D eigenvalue weighted by Crippen LogP contribution is -2.49. The van der Waals surface area contributed by atoms with Crippen molar-refractivity contribution in [3.8, 4) is 12.3 Å². The van der Waals surface area contributed by atoms with Crippen molar-refractivity contribution < 1.29 is 4.74 Å². The highest BCUT2D eigenvalue weighted by atomic mass is 16.5. The summed E-state index contributed by atoms with van der Waals surface area (Å²) < 4.78 is 5.32. The van der Waals surface area contributed by atoms with E-state index in [9.17, 15) is 0 Å². The molecule has 0 amide bonds. The maximum absolute atomic E-state index is 5.43. The highest BCUT2D eigenvalue weighted by molar-refractivity contribution is 5.77. The van der Waals surface area contributed by atoms with E-state index in [-0.39, 0.29) is 6.04 Å². The Morgan fingerprint density at radius 1 is 1.45 bits per heavy atom. The van der Waals surface area contributed by atoms with E-state index in [1.165, 1.54) is 5.57 Å². The Hall–Kier alpha value is -1.67. The summed E-state index contributed by atoms with van der Waals surface area (Å²) in [5.41, 5.74) is 1.31. The SMILES string of the molecule is C#CCCC1=C(N2CCNCC2)NC(OC)=NC1CC. The largest absolute Gasteiger partial charge is 0.468 e. The number of rotatable bonds is 4. The average molecular weight is 276 g/mol. The van der Waals surface area contributed by atoms with Crippen molar-refractivity contribution in [1.29, 1.82) is 0 Å². The van der Waals surface area contributed by atoms with Gasteiger partial charge in [0.25, 0.3) is 6.02 Å². The predicted octanol–water partition coefficient (Wildman–Crippen LogP) is 0.901. The molecule has 0 aliphatic carbocycles. The Labute approximate surface area is 121 Å². The van der Waals surface area contributed by atoms with Gasteiger partial charge in [-0.15, -0.1) is 12.3 Å². The zero-order chi connectivity index (χ0) is 14.4. The van der Waals surface area contributed by atoms with E-state index >= 15 is 0 Å². The fourth-order valence-corrected chi connectivity index (χ4v) is 2.69. The first-order valence-corrected chi connectivity index (χ1v) is 7.31. The summed E-state index contributed by atoms with van der Waals surface area (Å²) in [6.07, 6.45) is 8.04. The third-order valence-electron chi connectivity index (χ3n) is 3.76. The number of nitrogens with zero attached hydrogens (tertiary/aromatic N) is 2. The number of ether oxygens (including phenoxy) is 1. The minimum atomic E-state index is 0.171. The van der Waals surface area contributed by atoms with E-state index in [4.69, 9.17) is 11.2 Å². The third-order valence-corrected chi connectivity index (χ3v) is 3.76. The standard InChI is InChI=1S/C15H24N4O/c1-4-6-7-12-13(5-2)17-15(20-3)18-14(12)19-10-8-16-9-11-19/h1,13,16H,5-11H2,2-3H3,(H,17,18). The van der Waals surface area contributed by atoms with Crippen LogP contribution in [0.5, 0.6) is 0 Å². The number of terminal acetylenes is 1. The second kappa shape index (κ2) is 7.20. The van der Waals surface area contributed by atoms with E-state index < -0.39 is 0 Å². The fourth-order valence-electron chi connectivity index (χ4n) is 2.69. The molecule has 5 nitrogen and oxygen atoms in total. The van der Waals surface area contributed by atoms with Gasteiger partial charge in [-0.1, -0.05) is 6.92 Å². The molecular weight excluding hydrogens is 252 g/mol. The number of amidine groups is 1. The number of aliphatic imine (C=N–C) groups is 1. The molecule has 1 fully saturated rings. The van der Waals surface area contributed by atoms with Crippen LogP contribution in [-0.2, 0) is 4.74 Å². The van der Waals surface area contributed by atoms with Crippen LogP contribution in [0.25, 0.3) is 0 Å². The average Bonchev–Trinajstić information content (AvgIpc) is 2.52. The van der Waals surface area contributed by atoms with Gasteiger partial charge in [0.15, 0.2) is 0 Å². The Morgan fingerprint density at radius 2 is 2.20 bits per heavy atom. The van der Waals surface area contributed by atoms with E-state index in [0.717, 1.165) is 51.3 Å². The summed E-state index contributed by atoms with van der Waals surface area (Å²) in [5, 5.41) is 6.71. The molecule has 2 heterocycles. The zero-order valence-corrected chi connectivity index (χ0v) is 12.4. The molecule has 0 saturated carbocycles. The summed E-state index contributed by atoms with van der Waals surface area (Å²) in [7, 11) is 1.65. The van der Waals surface area contributed by atoms with Crippen LogP contribution in [0.3, 0.4) is 0 Å². The third kappa shape index (κ3) is 3.26. The predicted molar refractivity (Wildman–Crippen MR) is 81.2 cm³/mol. The maximum Gasteiger partial charge on any atom is 0.290 e. The van der Waals surface area contributed by atoms with Crippen molar-refractivity contribution >= 4 is 6.02 Å². The van der Waals surface area contributed by atoms with Crippen molar-refractivity contribution in [2.45, 2.75) is 32.2 Å². The van der Waals surface area contributed by atoms with Crippen LogP contribution >= 0.6 is 0 Å². The summed E-state index contributed by atoms with van der Waals surface area (Å²) in [5.74, 6) is 3.89. The molecule has 5 heteroatoms. The first kappa shape index (κ1) is 14.7. The minimum absolute atomic E-state index is 0.171. The van der Waals surface area contributed by atoms with E-state index in [1.807, 2.05) is 0 Å². The van der Waals surface area contributed by atoms with Crippen LogP contribution in [0.15, 0.2) is 16.4 Å². The number of methoxy groups -OCH3 is 1. The number of nitrogens with one attached hydrogen (secondary N) is 2. The molecule has 0 aromatic heterocycles. The quantitative estimate of drug-likeness (QED) is 0.749. The molecule has 110 valence electrons. The number of hydrogen-bond acceptors (Lipinski definition) is 5. The lowest BCUT2D eigenvalue weighted by Gasteiger charge is -2.37. The van der Waals surface area contributed by atoms with Gasteiger partial charge in [0.05, 0.1) is 13.2 Å². The maximum atomic E-state index is 5.43. The van der Waals surface area contributed by atoms with Crippen LogP contribution in [0.2, 0.25) is 0 Å². The molecule has 2 N–H and O–H groups in total. The van der Waals surface area contributed by atoms with Crippen molar-refractivity contribution in [2.75, 3.05) is 33.3 Å². The molecule has 2 aliphatic rings. The normalized spacial score (nSPS) is 22.9. The van der Waals surface area contributed by atoms with Crippen LogP contribution in [0, 0.1) is 12.3 Å².